The van der Waals surface area contributed by atoms with Crippen molar-refractivity contribution in [2.75, 3.05) is 26.4 Å². The number of aliphatic hydroxyl groups is 1. The van der Waals surface area contributed by atoms with Crippen LogP contribution in [0.4, 0.5) is 0 Å². The van der Waals surface area contributed by atoms with E-state index in [-0.39, 0.29) is 32.1 Å². The van der Waals surface area contributed by atoms with E-state index in [1.807, 2.05) is 0 Å². The van der Waals surface area contributed by atoms with E-state index >= 15 is 0 Å². The van der Waals surface area contributed by atoms with Crippen LogP contribution in [0, 0.1) is 0 Å². The summed E-state index contributed by atoms with van der Waals surface area (Å²) in [5, 5.41) is 12.7. The molecule has 0 aromatic carbocycles. The predicted octanol–water partition coefficient (Wildman–Crippen LogP) is 15.1. The van der Waals surface area contributed by atoms with Crippen LogP contribution in [-0.2, 0) is 27.9 Å². The third-order valence-electron chi connectivity index (χ3n) is 11.4. The topological polar surface area (TPSA) is 131 Å². The van der Waals surface area contributed by atoms with Crippen LogP contribution in [0.15, 0.2) is 24.3 Å². The van der Waals surface area contributed by atoms with Gasteiger partial charge in [0.2, 0.25) is 5.91 Å². The third kappa shape index (κ3) is 49.4. The van der Waals surface area contributed by atoms with Gasteiger partial charge in [-0.15, -0.1) is 0 Å². The van der Waals surface area contributed by atoms with Crippen molar-refractivity contribution >= 4 is 19.7 Å². The number of amides is 1. The van der Waals surface area contributed by atoms with Crippen LogP contribution in [0.2, 0.25) is 0 Å². The van der Waals surface area contributed by atoms with Crippen molar-refractivity contribution in [2.24, 2.45) is 0 Å². The Hall–Kier alpha value is -1.51. The molecule has 0 bridgehead atoms. The number of phosphoric acid groups is 1. The number of esters is 1. The molecule has 0 rings (SSSR count). The molecule has 0 radical (unpaired) electrons. The van der Waals surface area contributed by atoms with Crippen molar-refractivity contribution in [1.29, 1.82) is 0 Å². The van der Waals surface area contributed by atoms with Gasteiger partial charge in [-0.1, -0.05) is 224 Å². The van der Waals surface area contributed by atoms with Crippen LogP contribution in [-0.4, -0.2) is 54.3 Å². The molecule has 1 amide bonds. The third-order valence-corrected chi connectivity index (χ3v) is 12.4. The van der Waals surface area contributed by atoms with E-state index in [1.165, 1.54) is 180 Å². The highest BCUT2D eigenvalue weighted by molar-refractivity contribution is 7.47. The van der Waals surface area contributed by atoms with Crippen molar-refractivity contribution < 1.29 is 37.9 Å². The zero-order valence-corrected chi connectivity index (χ0v) is 40.8. The average Bonchev–Trinajstić information content (AvgIpc) is 3.25. The van der Waals surface area contributed by atoms with Gasteiger partial charge in [0.15, 0.2) is 0 Å². The molecule has 3 N–H and O–H groups in total. The first-order chi connectivity index (χ1) is 29.8. The second-order valence-corrected chi connectivity index (χ2v) is 19.0. The Morgan fingerprint density at radius 3 is 1.33 bits per heavy atom. The summed E-state index contributed by atoms with van der Waals surface area (Å²) < 4.78 is 27.0. The van der Waals surface area contributed by atoms with Gasteiger partial charge in [-0.3, -0.25) is 18.6 Å². The number of carbonyl (C=O) groups excluding carboxylic acids is 2. The van der Waals surface area contributed by atoms with Gasteiger partial charge in [-0.2, -0.15) is 0 Å². The molecule has 0 aromatic rings. The fourth-order valence-corrected chi connectivity index (χ4v) is 8.23. The van der Waals surface area contributed by atoms with E-state index in [0.717, 1.165) is 51.4 Å². The number of ether oxygens (including phenoxy) is 1. The van der Waals surface area contributed by atoms with Gasteiger partial charge in [0.25, 0.3) is 0 Å². The Bertz CT molecular complexity index is 1050. The zero-order valence-electron chi connectivity index (χ0n) is 39.9. The summed E-state index contributed by atoms with van der Waals surface area (Å²) in [5.41, 5.74) is 0. The van der Waals surface area contributed by atoms with E-state index in [4.69, 9.17) is 13.8 Å². The Morgan fingerprint density at radius 2 is 0.885 bits per heavy atom. The summed E-state index contributed by atoms with van der Waals surface area (Å²) in [6.07, 6.45) is 54.0. The van der Waals surface area contributed by atoms with E-state index in [0.29, 0.717) is 6.42 Å². The Balaban J connectivity index is 3.53. The molecule has 10 heteroatoms. The maximum atomic E-state index is 12.1. The molecule has 2 atom stereocenters. The van der Waals surface area contributed by atoms with Gasteiger partial charge in [0.1, 0.15) is 12.7 Å². The van der Waals surface area contributed by atoms with Crippen LogP contribution in [0.25, 0.3) is 0 Å². The number of unbranched alkanes of at least 4 members (excludes halogenated alkanes) is 32. The van der Waals surface area contributed by atoms with E-state index in [1.54, 1.807) is 0 Å². The van der Waals surface area contributed by atoms with Gasteiger partial charge in [0, 0.05) is 19.4 Å². The molecule has 9 nitrogen and oxygen atoms in total. The highest BCUT2D eigenvalue weighted by atomic mass is 31.2. The smallest absolute Gasteiger partial charge is 0.463 e. The molecule has 0 spiro atoms. The summed E-state index contributed by atoms with van der Waals surface area (Å²) in [6, 6.07) is 0. The normalized spacial score (nSPS) is 13.3. The minimum absolute atomic E-state index is 0.0796. The number of rotatable bonds is 49. The lowest BCUT2D eigenvalue weighted by molar-refractivity contribution is -0.147. The molecule has 2 unspecified atom stereocenters. The summed E-state index contributed by atoms with van der Waals surface area (Å²) in [7, 11) is -4.42. The number of hydrogen-bond acceptors (Lipinski definition) is 7. The van der Waals surface area contributed by atoms with Crippen molar-refractivity contribution in [3.05, 3.63) is 24.3 Å². The highest BCUT2D eigenvalue weighted by Gasteiger charge is 2.23. The summed E-state index contributed by atoms with van der Waals surface area (Å²) in [6.45, 7) is 3.58. The molecule has 0 aliphatic heterocycles. The number of hydrogen-bond donors (Lipinski definition) is 3. The molecule has 61 heavy (non-hydrogen) atoms. The standard InChI is InChI=1S/C51H98NO8P/c1-3-5-7-9-11-13-15-17-19-21-23-24-25-26-28-30-32-34-36-38-40-42-44-51(55)58-47-49(53)48-60-61(56,57)59-46-45-52-50(54)43-41-39-37-35-33-31-29-27-22-20-18-16-14-12-10-8-6-4-2/h14,16,20,22,49,53H,3-13,15,17-19,21,23-48H2,1-2H3,(H,52,54)(H,56,57)/b16-14-,22-20-. The van der Waals surface area contributed by atoms with Crippen LogP contribution in [0.3, 0.4) is 0 Å². The molecular weight excluding hydrogens is 786 g/mol. The quantitative estimate of drug-likeness (QED) is 0.0238. The fraction of sp³-hybridized carbons (Fsp3) is 0.882. The minimum Gasteiger partial charge on any atom is -0.463 e. The van der Waals surface area contributed by atoms with Crippen LogP contribution >= 0.6 is 7.82 Å². The first-order valence-electron chi connectivity index (χ1n) is 25.8. The molecule has 0 fully saturated rings. The maximum absolute atomic E-state index is 12.1. The number of allylic oxidation sites excluding steroid dienone is 4. The summed E-state index contributed by atoms with van der Waals surface area (Å²) in [5.74, 6) is -0.513. The lowest BCUT2D eigenvalue weighted by Gasteiger charge is -2.15. The molecular formula is C51H98NO8P. The predicted molar refractivity (Wildman–Crippen MR) is 257 cm³/mol. The van der Waals surface area contributed by atoms with E-state index in [2.05, 4.69) is 43.5 Å². The van der Waals surface area contributed by atoms with Gasteiger partial charge in [0.05, 0.1) is 13.2 Å². The van der Waals surface area contributed by atoms with Gasteiger partial charge in [-0.05, 0) is 44.9 Å². The van der Waals surface area contributed by atoms with Gasteiger partial charge < -0.3 is 20.1 Å². The number of nitrogens with one attached hydrogen (secondary N) is 1. The first-order valence-corrected chi connectivity index (χ1v) is 27.3. The molecule has 0 saturated carbocycles. The van der Waals surface area contributed by atoms with Crippen molar-refractivity contribution in [2.45, 2.75) is 264 Å². The van der Waals surface area contributed by atoms with Crippen LogP contribution in [0.5, 0.6) is 0 Å². The molecule has 0 aliphatic carbocycles. The fourth-order valence-electron chi connectivity index (χ4n) is 7.47. The van der Waals surface area contributed by atoms with Crippen molar-refractivity contribution in [1.82, 2.24) is 5.32 Å². The van der Waals surface area contributed by atoms with E-state index < -0.39 is 26.5 Å². The molecule has 0 aromatic heterocycles. The second kappa shape index (κ2) is 48.0. The lowest BCUT2D eigenvalue weighted by Crippen LogP contribution is -2.27. The van der Waals surface area contributed by atoms with Crippen LogP contribution in [0.1, 0.15) is 258 Å². The molecule has 0 aliphatic rings. The average molecular weight is 884 g/mol. The summed E-state index contributed by atoms with van der Waals surface area (Å²) >= 11 is 0. The lowest BCUT2D eigenvalue weighted by atomic mass is 10.0. The Labute approximate surface area is 376 Å². The largest absolute Gasteiger partial charge is 0.472 e. The SMILES string of the molecule is CCCCCC/C=C\C/C=C\CCCCCCCCCC(=O)NCCOP(=O)(O)OCC(O)COC(=O)CCCCCCCCCCCCCCCCCCCCCCCC. The first kappa shape index (κ1) is 59.5. The number of aliphatic hydroxyl groups excluding tert-OH is 1. The molecule has 0 heterocycles. The number of carbonyl (C=O) groups is 2. The zero-order chi connectivity index (χ0) is 44.6. The molecule has 360 valence electrons. The Kier molecular flexibility index (Phi) is 46.8. The Morgan fingerprint density at radius 1 is 0.508 bits per heavy atom. The van der Waals surface area contributed by atoms with Crippen LogP contribution < -0.4 is 5.32 Å². The van der Waals surface area contributed by atoms with Crippen molar-refractivity contribution in [3.8, 4) is 0 Å². The molecule has 0 saturated heterocycles. The van der Waals surface area contributed by atoms with Gasteiger partial charge >= 0.3 is 13.8 Å². The highest BCUT2D eigenvalue weighted by Crippen LogP contribution is 2.42. The van der Waals surface area contributed by atoms with Crippen molar-refractivity contribution in [3.63, 3.8) is 0 Å². The maximum Gasteiger partial charge on any atom is 0.472 e. The van der Waals surface area contributed by atoms with E-state index in [9.17, 15) is 24.2 Å². The second-order valence-electron chi connectivity index (χ2n) is 17.5. The number of phosphoric ester groups is 1. The minimum atomic E-state index is -4.42. The summed E-state index contributed by atoms with van der Waals surface area (Å²) in [4.78, 5) is 34.1. The monoisotopic (exact) mass is 884 g/mol. The van der Waals surface area contributed by atoms with Gasteiger partial charge in [-0.25, -0.2) is 4.57 Å².